The molecule has 3 nitrogen and oxygen atoms in total. The summed E-state index contributed by atoms with van der Waals surface area (Å²) in [5.41, 5.74) is 1.40. The van der Waals surface area contributed by atoms with Crippen molar-refractivity contribution < 1.29 is 9.90 Å². The highest BCUT2D eigenvalue weighted by molar-refractivity contribution is 5.85. The molecular formula is C11H13NO2. The van der Waals surface area contributed by atoms with Crippen LogP contribution in [0, 0.1) is 0 Å². The van der Waals surface area contributed by atoms with E-state index in [1.54, 1.807) is 12.4 Å². The normalized spacial score (nSPS) is 9.71. The fourth-order valence-corrected chi connectivity index (χ4v) is 1.16. The third kappa shape index (κ3) is 3.39. The number of carbonyl (C=O) groups is 1. The minimum absolute atomic E-state index is 0.272. The standard InChI is InChI=1S/C11H13NO2/c1-9(11(13)14)4-2-5-10-6-3-7-12-8-10/h3,6-8H,1-2,4-5H2,(H,13,14). The van der Waals surface area contributed by atoms with Gasteiger partial charge in [0.15, 0.2) is 0 Å². The Morgan fingerprint density at radius 3 is 2.93 bits per heavy atom. The van der Waals surface area contributed by atoms with Crippen LogP contribution in [-0.4, -0.2) is 16.1 Å². The molecule has 0 radical (unpaired) electrons. The summed E-state index contributed by atoms with van der Waals surface area (Å²) in [5, 5.41) is 8.57. The van der Waals surface area contributed by atoms with Gasteiger partial charge >= 0.3 is 5.97 Å². The summed E-state index contributed by atoms with van der Waals surface area (Å²) in [7, 11) is 0. The Bertz CT molecular complexity index is 319. The zero-order valence-electron chi connectivity index (χ0n) is 7.94. The lowest BCUT2D eigenvalue weighted by molar-refractivity contribution is -0.132. The van der Waals surface area contributed by atoms with Gasteiger partial charge < -0.3 is 5.11 Å². The zero-order chi connectivity index (χ0) is 10.4. The van der Waals surface area contributed by atoms with Crippen LogP contribution in [0.15, 0.2) is 36.7 Å². The Morgan fingerprint density at radius 2 is 2.36 bits per heavy atom. The molecule has 0 saturated heterocycles. The zero-order valence-corrected chi connectivity index (χ0v) is 7.94. The third-order valence-electron chi connectivity index (χ3n) is 1.97. The lowest BCUT2D eigenvalue weighted by atomic mass is 10.1. The van der Waals surface area contributed by atoms with E-state index in [2.05, 4.69) is 11.6 Å². The smallest absolute Gasteiger partial charge is 0.330 e. The van der Waals surface area contributed by atoms with Gasteiger partial charge in [-0.1, -0.05) is 12.6 Å². The van der Waals surface area contributed by atoms with Crippen LogP contribution in [0.5, 0.6) is 0 Å². The van der Waals surface area contributed by atoms with Gasteiger partial charge in [-0.2, -0.15) is 0 Å². The van der Waals surface area contributed by atoms with E-state index >= 15 is 0 Å². The van der Waals surface area contributed by atoms with Gasteiger partial charge in [0, 0.05) is 18.0 Å². The Balaban J connectivity index is 2.29. The van der Waals surface area contributed by atoms with Crippen molar-refractivity contribution in [1.29, 1.82) is 0 Å². The molecular weight excluding hydrogens is 178 g/mol. The van der Waals surface area contributed by atoms with Crippen molar-refractivity contribution in [1.82, 2.24) is 4.98 Å². The summed E-state index contributed by atoms with van der Waals surface area (Å²) >= 11 is 0. The molecule has 1 rings (SSSR count). The van der Waals surface area contributed by atoms with Crippen molar-refractivity contribution in [2.24, 2.45) is 0 Å². The molecule has 1 N–H and O–H groups in total. The molecule has 0 aliphatic heterocycles. The molecule has 14 heavy (non-hydrogen) atoms. The first-order chi connectivity index (χ1) is 6.70. The largest absolute Gasteiger partial charge is 0.478 e. The Labute approximate surface area is 83.1 Å². The Hall–Kier alpha value is -1.64. The molecule has 74 valence electrons. The van der Waals surface area contributed by atoms with E-state index in [4.69, 9.17) is 5.11 Å². The van der Waals surface area contributed by atoms with Crippen molar-refractivity contribution >= 4 is 5.97 Å². The van der Waals surface area contributed by atoms with Crippen LogP contribution in [0.3, 0.4) is 0 Å². The Kier molecular flexibility index (Phi) is 3.85. The van der Waals surface area contributed by atoms with E-state index in [-0.39, 0.29) is 5.57 Å². The van der Waals surface area contributed by atoms with Gasteiger partial charge in [-0.25, -0.2) is 4.79 Å². The predicted molar refractivity (Wildman–Crippen MR) is 54.0 cm³/mol. The van der Waals surface area contributed by atoms with Crippen molar-refractivity contribution in [2.75, 3.05) is 0 Å². The number of pyridine rings is 1. The summed E-state index contributed by atoms with van der Waals surface area (Å²) in [6.45, 7) is 3.47. The highest BCUT2D eigenvalue weighted by atomic mass is 16.4. The molecule has 0 fully saturated rings. The fraction of sp³-hybridized carbons (Fsp3) is 0.273. The van der Waals surface area contributed by atoms with Gasteiger partial charge in [0.1, 0.15) is 0 Å². The Morgan fingerprint density at radius 1 is 1.57 bits per heavy atom. The number of nitrogens with zero attached hydrogens (tertiary/aromatic N) is 1. The summed E-state index contributed by atoms with van der Waals surface area (Å²) < 4.78 is 0. The number of hydrogen-bond donors (Lipinski definition) is 1. The van der Waals surface area contributed by atoms with Gasteiger partial charge in [-0.15, -0.1) is 0 Å². The molecule has 0 amide bonds. The van der Waals surface area contributed by atoms with Crippen molar-refractivity contribution in [2.45, 2.75) is 19.3 Å². The second kappa shape index (κ2) is 5.17. The molecule has 1 aromatic heterocycles. The second-order valence-corrected chi connectivity index (χ2v) is 3.12. The topological polar surface area (TPSA) is 50.2 Å². The molecule has 1 aromatic rings. The lowest BCUT2D eigenvalue weighted by Crippen LogP contribution is -1.99. The maximum atomic E-state index is 10.4. The molecule has 0 aliphatic carbocycles. The molecule has 1 heterocycles. The van der Waals surface area contributed by atoms with Crippen LogP contribution in [0.1, 0.15) is 18.4 Å². The lowest BCUT2D eigenvalue weighted by Gasteiger charge is -2.00. The number of aromatic nitrogens is 1. The molecule has 0 unspecified atom stereocenters. The average molecular weight is 191 g/mol. The molecule has 0 aliphatic rings. The van der Waals surface area contributed by atoms with E-state index in [1.807, 2.05) is 12.1 Å². The average Bonchev–Trinajstić information content (AvgIpc) is 2.19. The van der Waals surface area contributed by atoms with Gasteiger partial charge in [0.2, 0.25) is 0 Å². The van der Waals surface area contributed by atoms with Crippen molar-refractivity contribution in [3.63, 3.8) is 0 Å². The number of aliphatic carboxylic acids is 1. The van der Waals surface area contributed by atoms with Crippen LogP contribution < -0.4 is 0 Å². The van der Waals surface area contributed by atoms with Crippen LogP contribution in [0.2, 0.25) is 0 Å². The second-order valence-electron chi connectivity index (χ2n) is 3.12. The monoisotopic (exact) mass is 191 g/mol. The number of aryl methyl sites for hydroxylation is 1. The predicted octanol–water partition coefficient (Wildman–Crippen LogP) is 2.05. The summed E-state index contributed by atoms with van der Waals surface area (Å²) in [6, 6.07) is 3.86. The van der Waals surface area contributed by atoms with Crippen LogP contribution in [0.25, 0.3) is 0 Å². The van der Waals surface area contributed by atoms with E-state index in [0.29, 0.717) is 6.42 Å². The maximum absolute atomic E-state index is 10.4. The quantitative estimate of drug-likeness (QED) is 0.724. The van der Waals surface area contributed by atoms with E-state index in [0.717, 1.165) is 18.4 Å². The first kappa shape index (κ1) is 10.4. The first-order valence-corrected chi connectivity index (χ1v) is 4.50. The highest BCUT2D eigenvalue weighted by Crippen LogP contribution is 2.07. The first-order valence-electron chi connectivity index (χ1n) is 4.50. The van der Waals surface area contributed by atoms with Crippen LogP contribution in [0.4, 0.5) is 0 Å². The number of carboxylic acids is 1. The minimum Gasteiger partial charge on any atom is -0.478 e. The number of carboxylic acid groups (broad SMARTS) is 1. The van der Waals surface area contributed by atoms with E-state index < -0.39 is 5.97 Å². The summed E-state index contributed by atoms with van der Waals surface area (Å²) in [4.78, 5) is 14.4. The molecule has 0 atom stereocenters. The SMILES string of the molecule is C=C(CCCc1cccnc1)C(=O)O. The highest BCUT2D eigenvalue weighted by Gasteiger charge is 2.02. The maximum Gasteiger partial charge on any atom is 0.330 e. The molecule has 3 heteroatoms. The van der Waals surface area contributed by atoms with Crippen molar-refractivity contribution in [3.05, 3.63) is 42.2 Å². The van der Waals surface area contributed by atoms with Gasteiger partial charge in [0.25, 0.3) is 0 Å². The third-order valence-corrected chi connectivity index (χ3v) is 1.97. The van der Waals surface area contributed by atoms with Gasteiger partial charge in [-0.3, -0.25) is 4.98 Å². The summed E-state index contributed by atoms with van der Waals surface area (Å²) in [5.74, 6) is -0.906. The van der Waals surface area contributed by atoms with Crippen LogP contribution in [-0.2, 0) is 11.2 Å². The molecule has 0 spiro atoms. The van der Waals surface area contributed by atoms with E-state index in [1.165, 1.54) is 0 Å². The van der Waals surface area contributed by atoms with Gasteiger partial charge in [-0.05, 0) is 30.9 Å². The summed E-state index contributed by atoms with van der Waals surface area (Å²) in [6.07, 6.45) is 5.70. The van der Waals surface area contributed by atoms with E-state index in [9.17, 15) is 4.79 Å². The van der Waals surface area contributed by atoms with Gasteiger partial charge in [0.05, 0.1) is 0 Å². The van der Waals surface area contributed by atoms with Crippen LogP contribution >= 0.6 is 0 Å². The number of hydrogen-bond acceptors (Lipinski definition) is 2. The minimum atomic E-state index is -0.906. The fourth-order valence-electron chi connectivity index (χ4n) is 1.16. The molecule has 0 aromatic carbocycles. The molecule has 0 saturated carbocycles. The number of rotatable bonds is 5. The van der Waals surface area contributed by atoms with Crippen molar-refractivity contribution in [3.8, 4) is 0 Å². The molecule has 0 bridgehead atoms.